The maximum Gasteiger partial charge on any atom is 0.343 e. The first-order chi connectivity index (χ1) is 9.65. The minimum Gasteiger partial charge on any atom is -0.330 e. The number of benzene rings is 1. The summed E-state index contributed by atoms with van der Waals surface area (Å²) in [5.41, 5.74) is 7.93. The van der Waals surface area contributed by atoms with Crippen LogP contribution in [0.4, 0.5) is 0 Å². The van der Waals surface area contributed by atoms with Crippen molar-refractivity contribution in [3.05, 3.63) is 39.8 Å². The van der Waals surface area contributed by atoms with Crippen LogP contribution in [0.3, 0.4) is 0 Å². The normalized spacial score (nSPS) is 10.9. The lowest BCUT2D eigenvalue weighted by atomic mass is 10.1. The molecule has 0 aliphatic rings. The van der Waals surface area contributed by atoms with Crippen LogP contribution in [0.1, 0.15) is 24.5 Å². The summed E-state index contributed by atoms with van der Waals surface area (Å²) < 4.78 is 1.67. The average Bonchev–Trinajstić information content (AvgIpc) is 2.75. The van der Waals surface area contributed by atoms with Crippen molar-refractivity contribution in [2.24, 2.45) is 5.73 Å². The van der Waals surface area contributed by atoms with Crippen LogP contribution in [0, 0.1) is 6.92 Å². The third-order valence-electron chi connectivity index (χ3n) is 3.11. The van der Waals surface area contributed by atoms with Gasteiger partial charge in [-0.05, 0) is 61.3 Å². The van der Waals surface area contributed by atoms with Gasteiger partial charge in [0.15, 0.2) is 5.16 Å². The Kier molecular flexibility index (Phi) is 5.03. The second-order valence-corrected chi connectivity index (χ2v) is 5.73. The zero-order valence-electron chi connectivity index (χ0n) is 11.8. The predicted molar refractivity (Wildman–Crippen MR) is 81.2 cm³/mol. The van der Waals surface area contributed by atoms with Crippen LogP contribution < -0.4 is 11.4 Å². The Bertz CT molecular complexity index is 632. The highest BCUT2D eigenvalue weighted by molar-refractivity contribution is 7.99. The zero-order valence-corrected chi connectivity index (χ0v) is 12.7. The average molecular weight is 292 g/mol. The molecule has 0 bridgehead atoms. The molecule has 0 atom stereocenters. The van der Waals surface area contributed by atoms with Gasteiger partial charge in [0.2, 0.25) is 0 Å². The minimum atomic E-state index is -0.147. The second kappa shape index (κ2) is 6.76. The standard InChI is InChI=1S/C14H20N4OS/c1-3-8-18-13(19)16-17-14(18)20-12-5-4-11(6-7-15)10(2)9-12/h4-5,9H,3,6-8,15H2,1-2H3,(H,16,19). The lowest BCUT2D eigenvalue weighted by Crippen LogP contribution is -2.17. The number of nitrogens with zero attached hydrogens (tertiary/aromatic N) is 2. The summed E-state index contributed by atoms with van der Waals surface area (Å²) in [6.45, 7) is 5.46. The molecule has 1 aromatic carbocycles. The minimum absolute atomic E-state index is 0.147. The first kappa shape index (κ1) is 14.9. The van der Waals surface area contributed by atoms with E-state index in [4.69, 9.17) is 5.73 Å². The summed E-state index contributed by atoms with van der Waals surface area (Å²) in [5.74, 6) is 0. The van der Waals surface area contributed by atoms with E-state index in [9.17, 15) is 4.79 Å². The number of H-pyrrole nitrogens is 1. The van der Waals surface area contributed by atoms with Crippen molar-refractivity contribution >= 4 is 11.8 Å². The van der Waals surface area contributed by atoms with Crippen molar-refractivity contribution in [3.8, 4) is 0 Å². The van der Waals surface area contributed by atoms with E-state index in [1.54, 1.807) is 4.57 Å². The van der Waals surface area contributed by atoms with Crippen molar-refractivity contribution in [1.29, 1.82) is 0 Å². The van der Waals surface area contributed by atoms with Gasteiger partial charge in [-0.15, -0.1) is 5.10 Å². The van der Waals surface area contributed by atoms with Crippen molar-refractivity contribution in [2.75, 3.05) is 6.54 Å². The first-order valence-electron chi connectivity index (χ1n) is 6.78. The number of rotatable bonds is 6. The van der Waals surface area contributed by atoms with Gasteiger partial charge in [-0.3, -0.25) is 4.57 Å². The van der Waals surface area contributed by atoms with Gasteiger partial charge in [-0.25, -0.2) is 9.89 Å². The molecule has 0 saturated carbocycles. The lowest BCUT2D eigenvalue weighted by molar-refractivity contribution is 0.604. The molecule has 0 aliphatic heterocycles. The molecule has 0 radical (unpaired) electrons. The topological polar surface area (TPSA) is 76.7 Å². The van der Waals surface area contributed by atoms with Gasteiger partial charge in [-0.1, -0.05) is 13.0 Å². The first-order valence-corrected chi connectivity index (χ1v) is 7.60. The van der Waals surface area contributed by atoms with Gasteiger partial charge < -0.3 is 5.73 Å². The fourth-order valence-corrected chi connectivity index (χ4v) is 3.03. The lowest BCUT2D eigenvalue weighted by Gasteiger charge is -2.08. The van der Waals surface area contributed by atoms with Crippen LogP contribution in [0.2, 0.25) is 0 Å². The molecule has 0 unspecified atom stereocenters. The Labute approximate surface area is 122 Å². The number of aromatic amines is 1. The largest absolute Gasteiger partial charge is 0.343 e. The summed E-state index contributed by atoms with van der Waals surface area (Å²) in [6.07, 6.45) is 1.79. The van der Waals surface area contributed by atoms with Gasteiger partial charge in [0.1, 0.15) is 0 Å². The Balaban J connectivity index is 2.22. The van der Waals surface area contributed by atoms with Crippen LogP contribution in [0.15, 0.2) is 33.0 Å². The zero-order chi connectivity index (χ0) is 14.5. The van der Waals surface area contributed by atoms with E-state index in [1.165, 1.54) is 22.9 Å². The number of aromatic nitrogens is 3. The van der Waals surface area contributed by atoms with Gasteiger partial charge in [0, 0.05) is 11.4 Å². The molecule has 0 saturated heterocycles. The number of hydrogen-bond acceptors (Lipinski definition) is 4. The number of hydrogen-bond donors (Lipinski definition) is 2. The van der Waals surface area contributed by atoms with E-state index < -0.39 is 0 Å². The third-order valence-corrected chi connectivity index (χ3v) is 4.09. The number of nitrogens with two attached hydrogens (primary N) is 1. The molecule has 3 N–H and O–H groups in total. The number of aryl methyl sites for hydroxylation is 1. The van der Waals surface area contributed by atoms with Crippen LogP contribution in [0.5, 0.6) is 0 Å². The quantitative estimate of drug-likeness (QED) is 0.853. The number of nitrogens with one attached hydrogen (secondary N) is 1. The van der Waals surface area contributed by atoms with Crippen LogP contribution >= 0.6 is 11.8 Å². The summed E-state index contributed by atoms with van der Waals surface area (Å²) in [4.78, 5) is 12.7. The Morgan fingerprint density at radius 1 is 1.45 bits per heavy atom. The summed E-state index contributed by atoms with van der Waals surface area (Å²) in [6, 6.07) is 6.27. The van der Waals surface area contributed by atoms with Crippen LogP contribution in [-0.2, 0) is 13.0 Å². The Morgan fingerprint density at radius 2 is 2.25 bits per heavy atom. The van der Waals surface area contributed by atoms with Crippen molar-refractivity contribution < 1.29 is 0 Å². The second-order valence-electron chi connectivity index (χ2n) is 4.69. The molecule has 6 heteroatoms. The van der Waals surface area contributed by atoms with Crippen LogP contribution in [0.25, 0.3) is 0 Å². The van der Waals surface area contributed by atoms with Gasteiger partial charge in [-0.2, -0.15) is 0 Å². The molecule has 1 heterocycles. The highest BCUT2D eigenvalue weighted by Gasteiger charge is 2.10. The van der Waals surface area contributed by atoms with Gasteiger partial charge in [0.25, 0.3) is 0 Å². The van der Waals surface area contributed by atoms with E-state index in [0.29, 0.717) is 18.2 Å². The van der Waals surface area contributed by atoms with E-state index in [2.05, 4.69) is 35.3 Å². The molecular weight excluding hydrogens is 272 g/mol. The van der Waals surface area contributed by atoms with E-state index in [1.807, 2.05) is 6.92 Å². The molecule has 2 aromatic rings. The highest BCUT2D eigenvalue weighted by Crippen LogP contribution is 2.27. The molecule has 0 fully saturated rings. The molecule has 1 aromatic heterocycles. The molecule has 2 rings (SSSR count). The molecule has 5 nitrogen and oxygen atoms in total. The molecule has 0 amide bonds. The smallest absolute Gasteiger partial charge is 0.330 e. The summed E-state index contributed by atoms with van der Waals surface area (Å²) in [7, 11) is 0. The maximum atomic E-state index is 11.6. The fraction of sp³-hybridized carbons (Fsp3) is 0.429. The molecule has 0 spiro atoms. The molecule has 20 heavy (non-hydrogen) atoms. The van der Waals surface area contributed by atoms with Crippen molar-refractivity contribution in [3.63, 3.8) is 0 Å². The SMILES string of the molecule is CCCn1c(Sc2ccc(CCN)c(C)c2)n[nH]c1=O. The van der Waals surface area contributed by atoms with Gasteiger partial charge >= 0.3 is 5.69 Å². The monoisotopic (exact) mass is 292 g/mol. The third kappa shape index (κ3) is 3.32. The van der Waals surface area contributed by atoms with Gasteiger partial charge in [0.05, 0.1) is 0 Å². The highest BCUT2D eigenvalue weighted by atomic mass is 32.2. The fourth-order valence-electron chi connectivity index (χ4n) is 2.08. The molecule has 108 valence electrons. The van der Waals surface area contributed by atoms with E-state index in [-0.39, 0.29) is 5.69 Å². The molecular formula is C14H20N4OS. The van der Waals surface area contributed by atoms with E-state index >= 15 is 0 Å². The van der Waals surface area contributed by atoms with Crippen LogP contribution in [-0.4, -0.2) is 21.3 Å². The Hall–Kier alpha value is -1.53. The predicted octanol–water partition coefficient (Wildman–Crippen LogP) is 1.94. The molecule has 0 aliphatic carbocycles. The summed E-state index contributed by atoms with van der Waals surface area (Å²) >= 11 is 1.51. The van der Waals surface area contributed by atoms with Crippen molar-refractivity contribution in [1.82, 2.24) is 14.8 Å². The van der Waals surface area contributed by atoms with Crippen molar-refractivity contribution in [2.45, 2.75) is 43.3 Å². The Morgan fingerprint density at radius 3 is 2.90 bits per heavy atom. The maximum absolute atomic E-state index is 11.6. The summed E-state index contributed by atoms with van der Waals surface area (Å²) in [5, 5.41) is 7.31. The van der Waals surface area contributed by atoms with E-state index in [0.717, 1.165) is 17.7 Å².